The van der Waals surface area contributed by atoms with Crippen LogP contribution in [0.2, 0.25) is 0 Å². The molecule has 1 unspecified atom stereocenters. The Morgan fingerprint density at radius 2 is 1.89 bits per heavy atom. The van der Waals surface area contributed by atoms with E-state index in [4.69, 9.17) is 5.73 Å². The minimum atomic E-state index is -0.225. The lowest BCUT2D eigenvalue weighted by molar-refractivity contribution is 0.475. The largest absolute Gasteiger partial charge is 0.508 e. The van der Waals surface area contributed by atoms with Crippen molar-refractivity contribution >= 4 is 11.8 Å². The molecule has 1 atom stereocenters. The van der Waals surface area contributed by atoms with Gasteiger partial charge in [0.1, 0.15) is 11.6 Å². The van der Waals surface area contributed by atoms with Crippen molar-refractivity contribution in [2.24, 2.45) is 5.73 Å². The van der Waals surface area contributed by atoms with E-state index in [1.807, 2.05) is 18.2 Å². The van der Waals surface area contributed by atoms with Crippen LogP contribution >= 0.6 is 11.8 Å². The van der Waals surface area contributed by atoms with Crippen LogP contribution in [0.15, 0.2) is 53.4 Å². The summed E-state index contributed by atoms with van der Waals surface area (Å²) in [6.45, 7) is 0. The van der Waals surface area contributed by atoms with E-state index in [9.17, 15) is 9.50 Å². The van der Waals surface area contributed by atoms with Crippen molar-refractivity contribution in [3.63, 3.8) is 0 Å². The Morgan fingerprint density at radius 1 is 1.16 bits per heavy atom. The van der Waals surface area contributed by atoms with E-state index in [0.717, 1.165) is 22.6 Å². The zero-order valence-corrected chi connectivity index (χ0v) is 11.2. The van der Waals surface area contributed by atoms with Crippen LogP contribution in [0.3, 0.4) is 0 Å². The Labute approximate surface area is 116 Å². The third kappa shape index (κ3) is 4.58. The second kappa shape index (κ2) is 6.59. The SMILES string of the molecule is NC(CSc1cccc(F)c1)Cc1ccc(O)cc1. The number of phenols is 1. The fourth-order valence-corrected chi connectivity index (χ4v) is 2.65. The lowest BCUT2D eigenvalue weighted by atomic mass is 10.1. The highest BCUT2D eigenvalue weighted by molar-refractivity contribution is 7.99. The van der Waals surface area contributed by atoms with Gasteiger partial charge in [-0.15, -0.1) is 11.8 Å². The summed E-state index contributed by atoms with van der Waals surface area (Å²) >= 11 is 1.55. The van der Waals surface area contributed by atoms with Crippen LogP contribution in [0.25, 0.3) is 0 Å². The first-order valence-electron chi connectivity index (χ1n) is 6.05. The number of hydrogen-bond donors (Lipinski definition) is 2. The molecule has 0 aliphatic rings. The molecule has 0 aromatic heterocycles. The van der Waals surface area contributed by atoms with Gasteiger partial charge in [-0.25, -0.2) is 4.39 Å². The van der Waals surface area contributed by atoms with Gasteiger partial charge in [0.05, 0.1) is 0 Å². The van der Waals surface area contributed by atoms with Crippen molar-refractivity contribution in [1.82, 2.24) is 0 Å². The second-order valence-corrected chi connectivity index (χ2v) is 5.49. The number of rotatable bonds is 5. The first-order valence-corrected chi connectivity index (χ1v) is 7.04. The number of hydrogen-bond acceptors (Lipinski definition) is 3. The molecule has 0 spiro atoms. The summed E-state index contributed by atoms with van der Waals surface area (Å²) in [7, 11) is 0. The van der Waals surface area contributed by atoms with Crippen LogP contribution in [0.5, 0.6) is 5.75 Å². The van der Waals surface area contributed by atoms with Gasteiger partial charge in [0.25, 0.3) is 0 Å². The van der Waals surface area contributed by atoms with Gasteiger partial charge in [-0.3, -0.25) is 0 Å². The van der Waals surface area contributed by atoms with Crippen LogP contribution < -0.4 is 5.73 Å². The van der Waals surface area contributed by atoms with Crippen LogP contribution in [-0.2, 0) is 6.42 Å². The molecular formula is C15H16FNOS. The van der Waals surface area contributed by atoms with Gasteiger partial charge < -0.3 is 10.8 Å². The number of thioether (sulfide) groups is 1. The number of phenolic OH excluding ortho intramolecular Hbond substituents is 1. The highest BCUT2D eigenvalue weighted by atomic mass is 32.2. The summed E-state index contributed by atoms with van der Waals surface area (Å²) in [6.07, 6.45) is 0.739. The van der Waals surface area contributed by atoms with E-state index in [1.54, 1.807) is 30.0 Å². The first-order chi connectivity index (χ1) is 9.13. The monoisotopic (exact) mass is 277 g/mol. The number of benzene rings is 2. The van der Waals surface area contributed by atoms with Crippen molar-refractivity contribution in [2.75, 3.05) is 5.75 Å². The topological polar surface area (TPSA) is 46.2 Å². The van der Waals surface area contributed by atoms with Crippen molar-refractivity contribution in [3.8, 4) is 5.75 Å². The summed E-state index contributed by atoms with van der Waals surface area (Å²) in [6, 6.07) is 13.5. The van der Waals surface area contributed by atoms with Gasteiger partial charge in [-0.05, 0) is 42.3 Å². The van der Waals surface area contributed by atoms with Crippen molar-refractivity contribution in [3.05, 3.63) is 59.9 Å². The Kier molecular flexibility index (Phi) is 4.82. The molecule has 0 fully saturated rings. The number of aromatic hydroxyl groups is 1. The van der Waals surface area contributed by atoms with Gasteiger partial charge in [0.2, 0.25) is 0 Å². The molecule has 0 aliphatic heterocycles. The molecule has 0 heterocycles. The smallest absolute Gasteiger partial charge is 0.124 e. The highest BCUT2D eigenvalue weighted by Gasteiger charge is 2.06. The average molecular weight is 277 g/mol. The third-order valence-corrected chi connectivity index (χ3v) is 3.88. The summed E-state index contributed by atoms with van der Waals surface area (Å²) in [5, 5.41) is 9.20. The van der Waals surface area contributed by atoms with Gasteiger partial charge in [-0.1, -0.05) is 18.2 Å². The van der Waals surface area contributed by atoms with Gasteiger partial charge in [-0.2, -0.15) is 0 Å². The molecule has 0 bridgehead atoms. The van der Waals surface area contributed by atoms with Crippen LogP contribution in [0.1, 0.15) is 5.56 Å². The predicted molar refractivity (Wildman–Crippen MR) is 76.9 cm³/mol. The average Bonchev–Trinajstić information content (AvgIpc) is 2.39. The Balaban J connectivity index is 1.84. The first kappa shape index (κ1) is 13.9. The molecule has 19 heavy (non-hydrogen) atoms. The quantitative estimate of drug-likeness (QED) is 0.825. The summed E-state index contributed by atoms with van der Waals surface area (Å²) in [5.74, 6) is 0.758. The summed E-state index contributed by atoms with van der Waals surface area (Å²) < 4.78 is 13.0. The maximum atomic E-state index is 13.0. The standard InChI is InChI=1S/C15H16FNOS/c16-12-2-1-3-15(9-12)19-10-13(17)8-11-4-6-14(18)7-5-11/h1-7,9,13,18H,8,10,17H2. The normalized spacial score (nSPS) is 12.3. The summed E-state index contributed by atoms with van der Waals surface area (Å²) in [5.41, 5.74) is 7.14. The van der Waals surface area contributed by atoms with Crippen LogP contribution in [0, 0.1) is 5.82 Å². The third-order valence-electron chi connectivity index (χ3n) is 2.69. The highest BCUT2D eigenvalue weighted by Crippen LogP contribution is 2.20. The van der Waals surface area contributed by atoms with Gasteiger partial charge in [0.15, 0.2) is 0 Å². The molecule has 2 rings (SSSR count). The van der Waals surface area contributed by atoms with Crippen molar-refractivity contribution in [1.29, 1.82) is 0 Å². The lowest BCUT2D eigenvalue weighted by Gasteiger charge is -2.11. The van der Waals surface area contributed by atoms with Crippen LogP contribution in [0.4, 0.5) is 4.39 Å². The zero-order valence-electron chi connectivity index (χ0n) is 10.4. The maximum absolute atomic E-state index is 13.0. The minimum absolute atomic E-state index is 0.00203. The molecule has 2 nitrogen and oxygen atoms in total. The van der Waals surface area contributed by atoms with Gasteiger partial charge >= 0.3 is 0 Å². The molecule has 0 radical (unpaired) electrons. The lowest BCUT2D eigenvalue weighted by Crippen LogP contribution is -2.25. The van der Waals surface area contributed by atoms with E-state index in [0.29, 0.717) is 0 Å². The van der Waals surface area contributed by atoms with E-state index >= 15 is 0 Å². The fourth-order valence-electron chi connectivity index (χ4n) is 1.75. The van der Waals surface area contributed by atoms with Crippen molar-refractivity contribution in [2.45, 2.75) is 17.4 Å². The molecule has 0 saturated carbocycles. The molecule has 2 aromatic rings. The molecule has 4 heteroatoms. The Hall–Kier alpha value is -1.52. The molecule has 100 valence electrons. The molecule has 3 N–H and O–H groups in total. The van der Waals surface area contributed by atoms with Crippen molar-refractivity contribution < 1.29 is 9.50 Å². The van der Waals surface area contributed by atoms with E-state index in [1.165, 1.54) is 12.1 Å². The van der Waals surface area contributed by atoms with E-state index in [-0.39, 0.29) is 17.6 Å². The summed E-state index contributed by atoms with van der Waals surface area (Å²) in [4.78, 5) is 0.890. The molecule has 0 amide bonds. The number of nitrogens with two attached hydrogens (primary N) is 1. The minimum Gasteiger partial charge on any atom is -0.508 e. The van der Waals surface area contributed by atoms with E-state index in [2.05, 4.69) is 0 Å². The zero-order chi connectivity index (χ0) is 13.7. The molecule has 2 aromatic carbocycles. The molecule has 0 saturated heterocycles. The van der Waals surface area contributed by atoms with Gasteiger partial charge in [0, 0.05) is 16.7 Å². The second-order valence-electron chi connectivity index (χ2n) is 4.40. The number of halogens is 1. The fraction of sp³-hybridized carbons (Fsp3) is 0.200. The molecular weight excluding hydrogens is 261 g/mol. The van der Waals surface area contributed by atoms with Crippen LogP contribution in [-0.4, -0.2) is 16.9 Å². The maximum Gasteiger partial charge on any atom is 0.124 e. The Morgan fingerprint density at radius 3 is 2.58 bits per heavy atom. The molecule has 0 aliphatic carbocycles. The predicted octanol–water partition coefficient (Wildman–Crippen LogP) is 3.19. The Bertz CT molecular complexity index is 530. The van der Waals surface area contributed by atoms with E-state index < -0.39 is 0 Å².